The van der Waals surface area contributed by atoms with Crippen LogP contribution in [0.25, 0.3) is 0 Å². The van der Waals surface area contributed by atoms with Crippen LogP contribution in [0.15, 0.2) is 42.5 Å². The molecule has 2 aromatic rings. The zero-order valence-electron chi connectivity index (χ0n) is 20.1. The topological polar surface area (TPSA) is 97.4 Å². The lowest BCUT2D eigenvalue weighted by Gasteiger charge is -2.35. The van der Waals surface area contributed by atoms with Gasteiger partial charge in [0.1, 0.15) is 0 Å². The maximum Gasteiger partial charge on any atom is 0.251 e. The first-order chi connectivity index (χ1) is 17.0. The molecule has 2 aromatic carbocycles. The van der Waals surface area contributed by atoms with Crippen molar-refractivity contribution in [2.75, 3.05) is 51.5 Å². The fourth-order valence-electron chi connectivity index (χ4n) is 4.46. The number of carbonyl (C=O) groups is 3. The number of benzene rings is 2. The van der Waals surface area contributed by atoms with Crippen LogP contribution in [-0.2, 0) is 14.3 Å². The van der Waals surface area contributed by atoms with Crippen LogP contribution in [-0.4, -0.2) is 69.2 Å². The van der Waals surface area contributed by atoms with Crippen molar-refractivity contribution in [3.8, 4) is 11.5 Å². The predicted octanol–water partition coefficient (Wildman–Crippen LogP) is 2.55. The molecule has 3 amide bonds. The lowest BCUT2D eigenvalue weighted by Crippen LogP contribution is -2.43. The van der Waals surface area contributed by atoms with Crippen molar-refractivity contribution in [3.05, 3.63) is 53.6 Å². The Morgan fingerprint density at radius 2 is 1.80 bits per heavy atom. The molecule has 35 heavy (non-hydrogen) atoms. The Morgan fingerprint density at radius 3 is 2.49 bits per heavy atom. The number of ether oxygens (including phenoxy) is 3. The summed E-state index contributed by atoms with van der Waals surface area (Å²) in [7, 11) is 1.61. The number of nitrogens with one attached hydrogen (secondary N) is 1. The number of hydrogen-bond donors (Lipinski definition) is 1. The third kappa shape index (κ3) is 5.63. The molecule has 2 heterocycles. The average Bonchev–Trinajstić information content (AvgIpc) is 3.23. The summed E-state index contributed by atoms with van der Waals surface area (Å²) in [5.41, 5.74) is 1.81. The molecular formula is C26H31N3O6. The fraction of sp³-hybridized carbons (Fsp3) is 0.423. The minimum absolute atomic E-state index is 0.0997. The number of carbonyl (C=O) groups excluding carboxylic acids is 3. The Kier molecular flexibility index (Phi) is 7.99. The fourth-order valence-corrected chi connectivity index (χ4v) is 4.46. The minimum Gasteiger partial charge on any atom is -0.493 e. The summed E-state index contributed by atoms with van der Waals surface area (Å²) in [5.74, 6) is 0.545. The Balaban J connectivity index is 1.52. The molecule has 0 unspecified atom stereocenters. The first-order valence-electron chi connectivity index (χ1n) is 11.9. The molecule has 0 spiro atoms. The molecule has 2 aliphatic rings. The molecule has 0 aliphatic carbocycles. The first kappa shape index (κ1) is 24.7. The van der Waals surface area contributed by atoms with Gasteiger partial charge in [-0.15, -0.1) is 0 Å². The molecule has 0 radical (unpaired) electrons. The lowest BCUT2D eigenvalue weighted by molar-refractivity contribution is -0.121. The van der Waals surface area contributed by atoms with E-state index >= 15 is 0 Å². The molecule has 2 saturated heterocycles. The average molecular weight is 482 g/mol. The summed E-state index contributed by atoms with van der Waals surface area (Å²) in [5, 5.41) is 3.03. The Morgan fingerprint density at radius 1 is 1.06 bits per heavy atom. The van der Waals surface area contributed by atoms with E-state index in [0.717, 1.165) is 23.6 Å². The molecule has 186 valence electrons. The molecule has 1 N–H and O–H groups in total. The monoisotopic (exact) mass is 481 g/mol. The summed E-state index contributed by atoms with van der Waals surface area (Å²) in [4.78, 5) is 40.7. The van der Waals surface area contributed by atoms with Crippen LogP contribution in [0, 0.1) is 0 Å². The van der Waals surface area contributed by atoms with E-state index in [4.69, 9.17) is 14.2 Å². The van der Waals surface area contributed by atoms with Crippen LogP contribution in [0.2, 0.25) is 0 Å². The van der Waals surface area contributed by atoms with E-state index in [1.54, 1.807) is 31.4 Å². The van der Waals surface area contributed by atoms with E-state index in [-0.39, 0.29) is 36.6 Å². The molecule has 0 aromatic heterocycles. The molecule has 9 nitrogen and oxygen atoms in total. The Bertz CT molecular complexity index is 1070. The van der Waals surface area contributed by atoms with Crippen LogP contribution >= 0.6 is 0 Å². The highest BCUT2D eigenvalue weighted by Gasteiger charge is 2.31. The van der Waals surface area contributed by atoms with Crippen molar-refractivity contribution in [1.29, 1.82) is 0 Å². The normalized spacial score (nSPS) is 17.4. The van der Waals surface area contributed by atoms with Gasteiger partial charge >= 0.3 is 0 Å². The van der Waals surface area contributed by atoms with Gasteiger partial charge in [-0.1, -0.05) is 12.1 Å². The third-order valence-electron chi connectivity index (χ3n) is 6.23. The molecule has 4 rings (SSSR count). The van der Waals surface area contributed by atoms with Gasteiger partial charge in [-0.25, -0.2) is 0 Å². The Labute approximate surface area is 204 Å². The van der Waals surface area contributed by atoms with E-state index in [9.17, 15) is 14.4 Å². The lowest BCUT2D eigenvalue weighted by atomic mass is 10.0. The van der Waals surface area contributed by atoms with Gasteiger partial charge in [-0.05, 0) is 42.8 Å². The summed E-state index contributed by atoms with van der Waals surface area (Å²) >= 11 is 0. The van der Waals surface area contributed by atoms with Gasteiger partial charge in [0.05, 0.1) is 38.7 Å². The molecule has 2 aliphatic heterocycles. The van der Waals surface area contributed by atoms with Crippen molar-refractivity contribution in [2.24, 2.45) is 0 Å². The number of hydrogen-bond acceptors (Lipinski definition) is 7. The van der Waals surface area contributed by atoms with E-state index in [0.29, 0.717) is 49.1 Å². The second-order valence-electron chi connectivity index (χ2n) is 8.39. The van der Waals surface area contributed by atoms with E-state index in [2.05, 4.69) is 10.2 Å². The van der Waals surface area contributed by atoms with E-state index < -0.39 is 0 Å². The summed E-state index contributed by atoms with van der Waals surface area (Å²) in [6, 6.07) is 12.3. The minimum atomic E-state index is -0.276. The van der Waals surface area contributed by atoms with Crippen molar-refractivity contribution < 1.29 is 28.6 Å². The van der Waals surface area contributed by atoms with Gasteiger partial charge < -0.3 is 19.5 Å². The quantitative estimate of drug-likeness (QED) is 0.550. The highest BCUT2D eigenvalue weighted by molar-refractivity contribution is 6.20. The van der Waals surface area contributed by atoms with Gasteiger partial charge in [-0.3, -0.25) is 24.2 Å². The van der Waals surface area contributed by atoms with Crippen molar-refractivity contribution >= 4 is 23.4 Å². The smallest absolute Gasteiger partial charge is 0.251 e. The summed E-state index contributed by atoms with van der Waals surface area (Å²) < 4.78 is 16.7. The molecule has 0 bridgehead atoms. The van der Waals surface area contributed by atoms with Crippen molar-refractivity contribution in [2.45, 2.75) is 25.8 Å². The summed E-state index contributed by atoms with van der Waals surface area (Å²) in [6.07, 6.45) is 0.393. The molecule has 2 fully saturated rings. The van der Waals surface area contributed by atoms with Crippen molar-refractivity contribution in [3.63, 3.8) is 0 Å². The van der Waals surface area contributed by atoms with Gasteiger partial charge in [0.2, 0.25) is 11.8 Å². The third-order valence-corrected chi connectivity index (χ3v) is 6.23. The Hall–Kier alpha value is -3.43. The van der Waals surface area contributed by atoms with Crippen molar-refractivity contribution in [1.82, 2.24) is 10.2 Å². The second kappa shape index (κ2) is 11.3. The van der Waals surface area contributed by atoms with Gasteiger partial charge in [0.15, 0.2) is 11.5 Å². The number of nitrogens with zero attached hydrogens (tertiary/aromatic N) is 2. The largest absolute Gasteiger partial charge is 0.493 e. The van der Waals surface area contributed by atoms with Gasteiger partial charge in [0, 0.05) is 38.0 Å². The number of amides is 3. The van der Waals surface area contributed by atoms with Crippen LogP contribution in [0.1, 0.15) is 41.7 Å². The first-order valence-corrected chi connectivity index (χ1v) is 11.9. The second-order valence-corrected chi connectivity index (χ2v) is 8.39. The number of rotatable bonds is 9. The highest BCUT2D eigenvalue weighted by atomic mass is 16.5. The zero-order valence-corrected chi connectivity index (χ0v) is 20.1. The van der Waals surface area contributed by atoms with Gasteiger partial charge in [0.25, 0.3) is 5.91 Å². The van der Waals surface area contributed by atoms with Crippen LogP contribution < -0.4 is 19.7 Å². The SMILES string of the molecule is CCOc1ccc([C@H](CNC(=O)c2cccc(N3C(=O)CCC3=O)c2)N2CCOCC2)cc1OC. The molecular weight excluding hydrogens is 450 g/mol. The molecule has 1 atom stereocenters. The number of anilines is 1. The maximum atomic E-state index is 13.1. The molecule has 0 saturated carbocycles. The highest BCUT2D eigenvalue weighted by Crippen LogP contribution is 2.32. The number of morpholine rings is 1. The zero-order chi connectivity index (χ0) is 24.8. The maximum absolute atomic E-state index is 13.1. The number of methoxy groups -OCH3 is 1. The van der Waals surface area contributed by atoms with Crippen LogP contribution in [0.3, 0.4) is 0 Å². The van der Waals surface area contributed by atoms with E-state index in [1.807, 2.05) is 25.1 Å². The van der Waals surface area contributed by atoms with Crippen LogP contribution in [0.4, 0.5) is 5.69 Å². The molecule has 9 heteroatoms. The number of imide groups is 1. The van der Waals surface area contributed by atoms with E-state index in [1.165, 1.54) is 0 Å². The predicted molar refractivity (Wildman–Crippen MR) is 130 cm³/mol. The van der Waals surface area contributed by atoms with Gasteiger partial charge in [-0.2, -0.15) is 0 Å². The standard InChI is InChI=1S/C26H31N3O6/c1-3-35-22-8-7-18(16-23(22)33-2)21(28-11-13-34-14-12-28)17-27-26(32)19-5-4-6-20(15-19)29-24(30)9-10-25(29)31/h4-8,15-16,21H,3,9-14,17H2,1-2H3,(H,27,32)/t21-/m0/s1. The van der Waals surface area contributed by atoms with Crippen LogP contribution in [0.5, 0.6) is 11.5 Å². The summed E-state index contributed by atoms with van der Waals surface area (Å²) in [6.45, 7) is 5.55.